The van der Waals surface area contributed by atoms with Crippen LogP contribution >= 0.6 is 23.2 Å². The van der Waals surface area contributed by atoms with E-state index in [4.69, 9.17) is 27.9 Å². The van der Waals surface area contributed by atoms with Crippen molar-refractivity contribution < 1.29 is 4.74 Å². The van der Waals surface area contributed by atoms with E-state index in [0.29, 0.717) is 15.8 Å². The second kappa shape index (κ2) is 9.49. The van der Waals surface area contributed by atoms with Gasteiger partial charge < -0.3 is 10.1 Å². The molecule has 1 N–H and O–H groups in total. The standard InChI is InChI=1S/C16H25Cl2NO/c1-4-5-6-7-8-9-15(19-2)12-10-14(18)16(20-3)11-13(12)17/h10-11,15,19H,4-9H2,1-3H3. The Labute approximate surface area is 132 Å². The molecule has 0 heterocycles. The lowest BCUT2D eigenvalue weighted by molar-refractivity contribution is 0.414. The van der Waals surface area contributed by atoms with E-state index in [1.54, 1.807) is 13.2 Å². The molecule has 0 aliphatic rings. The minimum Gasteiger partial charge on any atom is -0.495 e. The summed E-state index contributed by atoms with van der Waals surface area (Å²) in [5, 5.41) is 4.65. The van der Waals surface area contributed by atoms with Crippen LogP contribution < -0.4 is 10.1 Å². The van der Waals surface area contributed by atoms with E-state index >= 15 is 0 Å². The molecule has 1 atom stereocenters. The van der Waals surface area contributed by atoms with Crippen LogP contribution in [0.5, 0.6) is 5.75 Å². The summed E-state index contributed by atoms with van der Waals surface area (Å²) in [4.78, 5) is 0. The van der Waals surface area contributed by atoms with Crippen molar-refractivity contribution >= 4 is 23.2 Å². The van der Waals surface area contributed by atoms with E-state index in [1.807, 2.05) is 13.1 Å². The Morgan fingerprint density at radius 3 is 2.40 bits per heavy atom. The first kappa shape index (κ1) is 17.6. The lowest BCUT2D eigenvalue weighted by atomic mass is 9.99. The van der Waals surface area contributed by atoms with E-state index in [-0.39, 0.29) is 6.04 Å². The van der Waals surface area contributed by atoms with Gasteiger partial charge in [0.15, 0.2) is 0 Å². The lowest BCUT2D eigenvalue weighted by Gasteiger charge is -2.19. The van der Waals surface area contributed by atoms with Crippen LogP contribution in [0, 0.1) is 0 Å². The normalized spacial score (nSPS) is 12.4. The van der Waals surface area contributed by atoms with Gasteiger partial charge in [0.25, 0.3) is 0 Å². The third-order valence-corrected chi connectivity index (χ3v) is 4.21. The number of unbranched alkanes of at least 4 members (excludes halogenated alkanes) is 4. The number of halogens is 2. The summed E-state index contributed by atoms with van der Waals surface area (Å²) < 4.78 is 5.18. The van der Waals surface area contributed by atoms with Crippen LogP contribution in [0.3, 0.4) is 0 Å². The Bertz CT molecular complexity index is 410. The third kappa shape index (κ3) is 5.16. The minimum absolute atomic E-state index is 0.243. The summed E-state index contributed by atoms with van der Waals surface area (Å²) in [5.74, 6) is 0.623. The molecule has 0 saturated carbocycles. The fraction of sp³-hybridized carbons (Fsp3) is 0.625. The van der Waals surface area contributed by atoms with Crippen LogP contribution in [0.2, 0.25) is 10.0 Å². The van der Waals surface area contributed by atoms with Gasteiger partial charge >= 0.3 is 0 Å². The number of hydrogen-bond acceptors (Lipinski definition) is 2. The number of ether oxygens (including phenoxy) is 1. The highest BCUT2D eigenvalue weighted by Crippen LogP contribution is 2.35. The average Bonchev–Trinajstić information content (AvgIpc) is 2.45. The van der Waals surface area contributed by atoms with Gasteiger partial charge in [-0.15, -0.1) is 0 Å². The average molecular weight is 318 g/mol. The number of hydrogen-bond donors (Lipinski definition) is 1. The van der Waals surface area contributed by atoms with Crippen molar-refractivity contribution in [3.05, 3.63) is 27.7 Å². The topological polar surface area (TPSA) is 21.3 Å². The van der Waals surface area contributed by atoms with Gasteiger partial charge in [-0.2, -0.15) is 0 Å². The van der Waals surface area contributed by atoms with Gasteiger partial charge in [-0.1, -0.05) is 62.2 Å². The predicted molar refractivity (Wildman–Crippen MR) is 88.2 cm³/mol. The summed E-state index contributed by atoms with van der Waals surface area (Å²) in [6, 6.07) is 3.95. The largest absolute Gasteiger partial charge is 0.495 e. The first-order chi connectivity index (χ1) is 9.63. The zero-order valence-corrected chi connectivity index (χ0v) is 14.2. The highest BCUT2D eigenvalue weighted by molar-refractivity contribution is 6.34. The Kier molecular flexibility index (Phi) is 8.35. The molecule has 0 amide bonds. The highest BCUT2D eigenvalue weighted by Gasteiger charge is 2.15. The Morgan fingerprint density at radius 1 is 1.10 bits per heavy atom. The Balaban J connectivity index is 2.67. The summed E-state index contributed by atoms with van der Waals surface area (Å²) in [6.07, 6.45) is 7.44. The van der Waals surface area contributed by atoms with Crippen LogP contribution in [-0.4, -0.2) is 14.2 Å². The van der Waals surface area contributed by atoms with Gasteiger partial charge in [-0.05, 0) is 25.1 Å². The number of methoxy groups -OCH3 is 1. The van der Waals surface area contributed by atoms with Crippen LogP contribution in [-0.2, 0) is 0 Å². The maximum absolute atomic E-state index is 6.34. The first-order valence-corrected chi connectivity index (χ1v) is 8.09. The van der Waals surface area contributed by atoms with Gasteiger partial charge in [0.1, 0.15) is 5.75 Å². The number of benzene rings is 1. The van der Waals surface area contributed by atoms with Crippen LogP contribution in [0.1, 0.15) is 57.1 Å². The zero-order chi connectivity index (χ0) is 15.0. The molecule has 114 valence electrons. The van der Waals surface area contributed by atoms with Crippen molar-refractivity contribution in [1.29, 1.82) is 0 Å². The van der Waals surface area contributed by atoms with E-state index in [1.165, 1.54) is 32.1 Å². The molecule has 0 bridgehead atoms. The van der Waals surface area contributed by atoms with E-state index in [2.05, 4.69) is 12.2 Å². The minimum atomic E-state index is 0.243. The molecule has 1 rings (SSSR count). The second-order valence-electron chi connectivity index (χ2n) is 5.05. The molecular formula is C16H25Cl2NO. The summed E-state index contributed by atoms with van der Waals surface area (Å²) in [6.45, 7) is 2.23. The van der Waals surface area contributed by atoms with Crippen LogP contribution in [0.25, 0.3) is 0 Å². The lowest BCUT2D eigenvalue weighted by Crippen LogP contribution is -2.16. The van der Waals surface area contributed by atoms with Crippen molar-refractivity contribution in [2.24, 2.45) is 0 Å². The number of nitrogens with one attached hydrogen (secondary N) is 1. The molecule has 0 aliphatic heterocycles. The summed E-state index contributed by atoms with van der Waals surface area (Å²) >= 11 is 12.5. The van der Waals surface area contributed by atoms with Crippen molar-refractivity contribution in [3.8, 4) is 5.75 Å². The van der Waals surface area contributed by atoms with E-state index in [9.17, 15) is 0 Å². The van der Waals surface area contributed by atoms with Gasteiger partial charge in [-0.25, -0.2) is 0 Å². The van der Waals surface area contributed by atoms with E-state index < -0.39 is 0 Å². The quantitative estimate of drug-likeness (QED) is 0.596. The third-order valence-electron chi connectivity index (χ3n) is 3.59. The fourth-order valence-corrected chi connectivity index (χ4v) is 2.91. The molecule has 1 aromatic rings. The number of rotatable bonds is 9. The highest BCUT2D eigenvalue weighted by atomic mass is 35.5. The maximum Gasteiger partial charge on any atom is 0.138 e. The monoisotopic (exact) mass is 317 g/mol. The molecule has 0 spiro atoms. The van der Waals surface area contributed by atoms with Crippen molar-refractivity contribution in [2.45, 2.75) is 51.5 Å². The first-order valence-electron chi connectivity index (χ1n) is 7.34. The second-order valence-corrected chi connectivity index (χ2v) is 5.87. The summed E-state index contributed by atoms with van der Waals surface area (Å²) in [5.41, 5.74) is 1.05. The molecule has 4 heteroatoms. The Morgan fingerprint density at radius 2 is 1.80 bits per heavy atom. The molecule has 0 aromatic heterocycles. The van der Waals surface area contributed by atoms with Gasteiger partial charge in [-0.3, -0.25) is 0 Å². The van der Waals surface area contributed by atoms with Crippen molar-refractivity contribution in [1.82, 2.24) is 5.32 Å². The van der Waals surface area contributed by atoms with Gasteiger partial charge in [0.2, 0.25) is 0 Å². The predicted octanol–water partition coefficient (Wildman–Crippen LogP) is 5.62. The molecular weight excluding hydrogens is 293 g/mol. The molecule has 1 unspecified atom stereocenters. The molecule has 0 fully saturated rings. The molecule has 1 aromatic carbocycles. The van der Waals surface area contributed by atoms with Gasteiger partial charge in [0.05, 0.1) is 12.1 Å². The van der Waals surface area contributed by atoms with E-state index in [0.717, 1.165) is 12.0 Å². The maximum atomic E-state index is 6.34. The smallest absolute Gasteiger partial charge is 0.138 e. The van der Waals surface area contributed by atoms with Crippen molar-refractivity contribution in [2.75, 3.05) is 14.2 Å². The molecule has 0 saturated heterocycles. The van der Waals surface area contributed by atoms with Gasteiger partial charge in [0, 0.05) is 17.1 Å². The molecule has 0 aliphatic carbocycles. The van der Waals surface area contributed by atoms with Crippen LogP contribution in [0.4, 0.5) is 0 Å². The molecule has 0 radical (unpaired) electrons. The zero-order valence-electron chi connectivity index (χ0n) is 12.6. The molecule has 20 heavy (non-hydrogen) atoms. The molecule has 2 nitrogen and oxygen atoms in total. The SMILES string of the molecule is CCCCCCCC(NC)c1cc(Cl)c(OC)cc1Cl. The summed E-state index contributed by atoms with van der Waals surface area (Å²) in [7, 11) is 3.56. The van der Waals surface area contributed by atoms with Crippen molar-refractivity contribution in [3.63, 3.8) is 0 Å². The van der Waals surface area contributed by atoms with Crippen LogP contribution in [0.15, 0.2) is 12.1 Å². The Hall–Kier alpha value is -0.440. The fourth-order valence-electron chi connectivity index (χ4n) is 2.37.